The van der Waals surface area contributed by atoms with E-state index in [4.69, 9.17) is 49.9 Å². The molecule has 0 radical (unpaired) electrons. The van der Waals surface area contributed by atoms with Crippen molar-refractivity contribution in [2.45, 2.75) is 10.7 Å². The molecule has 0 aliphatic heterocycles. The van der Waals surface area contributed by atoms with Gasteiger partial charge in [-0.1, -0.05) is 40.0 Å². The molecule has 7 heteroatoms. The van der Waals surface area contributed by atoms with Crippen LogP contribution in [0.15, 0.2) is 5.16 Å². The van der Waals surface area contributed by atoms with Crippen molar-refractivity contribution in [3.8, 4) is 0 Å². The van der Waals surface area contributed by atoms with Crippen molar-refractivity contribution in [2.75, 3.05) is 0 Å². The highest BCUT2D eigenvalue weighted by molar-refractivity contribution is 6.74. The fourth-order valence-corrected chi connectivity index (χ4v) is 0.196. The van der Waals surface area contributed by atoms with Crippen LogP contribution in [0.3, 0.4) is 0 Å². The molecule has 0 saturated carbocycles. The Morgan fingerprint density at radius 3 is 1.82 bits per heavy atom. The largest absolute Gasteiger partial charge is 0.481 e. The number of halogens is 3. The summed E-state index contributed by atoms with van der Waals surface area (Å²) in [5.41, 5.74) is 0. The predicted octanol–water partition coefficient (Wildman–Crippen LogP) is 1.91. The molecule has 11 heavy (non-hydrogen) atoms. The monoisotopic (exact) mass is 221 g/mol. The van der Waals surface area contributed by atoms with Gasteiger partial charge in [-0.2, -0.15) is 0 Å². The van der Waals surface area contributed by atoms with Crippen molar-refractivity contribution in [3.05, 3.63) is 0 Å². The van der Waals surface area contributed by atoms with E-state index in [-0.39, 0.29) is 0 Å². The molecule has 0 aromatic carbocycles. The van der Waals surface area contributed by atoms with E-state index in [1.165, 1.54) is 0 Å². The number of hydrogen-bond acceptors (Lipinski definition) is 3. The van der Waals surface area contributed by atoms with Crippen LogP contribution in [0.25, 0.3) is 0 Å². The van der Waals surface area contributed by atoms with Gasteiger partial charge in [-0.25, -0.2) is 0 Å². The Hall–Kier alpha value is -0.190. The lowest BCUT2D eigenvalue weighted by Crippen LogP contribution is -2.01. The first-order valence-electron chi connectivity index (χ1n) is 2.24. The first-order chi connectivity index (χ1) is 4.79. The molecule has 0 aliphatic rings. The third-order valence-electron chi connectivity index (χ3n) is 0.204. The van der Waals surface area contributed by atoms with Crippen LogP contribution in [-0.4, -0.2) is 26.3 Å². The van der Waals surface area contributed by atoms with Crippen LogP contribution in [0, 0.1) is 0 Å². The number of carboxylic acids is 1. The van der Waals surface area contributed by atoms with Crippen molar-refractivity contribution >= 4 is 47.0 Å². The Labute approximate surface area is 78.3 Å². The Balaban J connectivity index is 0. The quantitative estimate of drug-likeness (QED) is 0.285. The van der Waals surface area contributed by atoms with E-state index < -0.39 is 9.76 Å². The molecular formula is C4H6Cl3NO3. The predicted molar refractivity (Wildman–Crippen MR) is 43.9 cm³/mol. The van der Waals surface area contributed by atoms with E-state index in [9.17, 15) is 0 Å². The Kier molecular flexibility index (Phi) is 7.94. The fourth-order valence-electron chi connectivity index (χ4n) is 0.0655. The highest BCUT2D eigenvalue weighted by Crippen LogP contribution is 2.22. The first-order valence-corrected chi connectivity index (χ1v) is 3.38. The Bertz CT molecular complexity index is 138. The lowest BCUT2D eigenvalue weighted by atomic mass is 10.9. The van der Waals surface area contributed by atoms with Gasteiger partial charge in [-0.05, 0) is 0 Å². The van der Waals surface area contributed by atoms with Crippen LogP contribution in [0.1, 0.15) is 6.92 Å². The molecule has 0 heterocycles. The van der Waals surface area contributed by atoms with Gasteiger partial charge >= 0.3 is 0 Å². The fraction of sp³-hybridized carbons (Fsp3) is 0.500. The molecule has 0 unspecified atom stereocenters. The summed E-state index contributed by atoms with van der Waals surface area (Å²) in [6.45, 7) is 1.08. The highest BCUT2D eigenvalue weighted by atomic mass is 35.6. The molecule has 0 atom stereocenters. The number of oxime groups is 1. The average molecular weight is 222 g/mol. The molecule has 0 aliphatic carbocycles. The van der Waals surface area contributed by atoms with Gasteiger partial charge in [0.1, 0.15) is 0 Å². The van der Waals surface area contributed by atoms with Crippen LogP contribution >= 0.6 is 34.8 Å². The molecule has 0 fully saturated rings. The number of carboxylic acid groups (broad SMARTS) is 1. The van der Waals surface area contributed by atoms with E-state index in [1.807, 2.05) is 0 Å². The SMILES string of the molecule is CC(=O)O.ON=CC(Cl)(Cl)Cl. The summed E-state index contributed by atoms with van der Waals surface area (Å²) >= 11 is 15.2. The van der Waals surface area contributed by atoms with Crippen molar-refractivity contribution in [1.82, 2.24) is 0 Å². The minimum atomic E-state index is -1.57. The van der Waals surface area contributed by atoms with Gasteiger partial charge in [0.05, 0.1) is 6.21 Å². The maximum atomic E-state index is 9.00. The number of hydrogen-bond donors (Lipinski definition) is 2. The van der Waals surface area contributed by atoms with Gasteiger partial charge in [-0.3, -0.25) is 4.79 Å². The van der Waals surface area contributed by atoms with Gasteiger partial charge in [-0.15, -0.1) is 0 Å². The number of alkyl halides is 3. The number of aliphatic carboxylic acids is 1. The second-order valence-electron chi connectivity index (χ2n) is 1.31. The summed E-state index contributed by atoms with van der Waals surface area (Å²) in [6.07, 6.45) is 0.789. The normalized spacial score (nSPS) is 10.5. The van der Waals surface area contributed by atoms with E-state index in [0.29, 0.717) is 0 Å². The maximum Gasteiger partial charge on any atom is 0.300 e. The second kappa shape index (κ2) is 6.52. The lowest BCUT2D eigenvalue weighted by molar-refractivity contribution is -0.134. The third-order valence-corrected chi connectivity index (χ3v) is 0.497. The van der Waals surface area contributed by atoms with E-state index in [0.717, 1.165) is 13.1 Å². The van der Waals surface area contributed by atoms with E-state index in [2.05, 4.69) is 5.16 Å². The van der Waals surface area contributed by atoms with Crippen LogP contribution in [0.5, 0.6) is 0 Å². The van der Waals surface area contributed by atoms with Crippen molar-refractivity contribution in [3.63, 3.8) is 0 Å². The third kappa shape index (κ3) is 41.2. The van der Waals surface area contributed by atoms with Gasteiger partial charge in [0.15, 0.2) is 0 Å². The molecule has 0 aromatic heterocycles. The number of nitrogens with zero attached hydrogens (tertiary/aromatic N) is 1. The van der Waals surface area contributed by atoms with Crippen molar-refractivity contribution in [2.24, 2.45) is 5.16 Å². The van der Waals surface area contributed by atoms with Gasteiger partial charge < -0.3 is 10.3 Å². The second-order valence-corrected chi connectivity index (χ2v) is 3.67. The van der Waals surface area contributed by atoms with E-state index >= 15 is 0 Å². The van der Waals surface area contributed by atoms with Crippen molar-refractivity contribution in [1.29, 1.82) is 0 Å². The summed E-state index contributed by atoms with van der Waals surface area (Å²) in [5.74, 6) is -0.833. The minimum absolute atomic E-state index is 0.789. The Morgan fingerprint density at radius 2 is 1.82 bits per heavy atom. The van der Waals surface area contributed by atoms with Gasteiger partial charge in [0.25, 0.3) is 5.97 Å². The van der Waals surface area contributed by atoms with Crippen LogP contribution in [0.2, 0.25) is 0 Å². The topological polar surface area (TPSA) is 69.9 Å². The summed E-state index contributed by atoms with van der Waals surface area (Å²) in [4.78, 5) is 9.00. The zero-order chi connectivity index (χ0) is 9.49. The molecule has 0 amide bonds. The molecule has 66 valence electrons. The van der Waals surface area contributed by atoms with Crippen molar-refractivity contribution < 1.29 is 15.1 Å². The zero-order valence-electron chi connectivity index (χ0n) is 5.46. The smallest absolute Gasteiger partial charge is 0.300 e. The molecule has 0 rings (SSSR count). The Morgan fingerprint density at radius 1 is 1.55 bits per heavy atom. The lowest BCUT2D eigenvalue weighted by Gasteiger charge is -1.96. The molecular weight excluding hydrogens is 216 g/mol. The minimum Gasteiger partial charge on any atom is -0.481 e. The van der Waals surface area contributed by atoms with E-state index in [1.54, 1.807) is 0 Å². The maximum absolute atomic E-state index is 9.00. The molecule has 4 nitrogen and oxygen atoms in total. The standard InChI is InChI=1S/C2H2Cl3NO.C2H4O2/c3-2(4,5)1-6-7;1-2(3)4/h1,7H;1H3,(H,3,4). The van der Waals surface area contributed by atoms with Crippen LogP contribution in [0.4, 0.5) is 0 Å². The molecule has 0 spiro atoms. The molecule has 2 N–H and O–H groups in total. The molecule has 0 saturated heterocycles. The van der Waals surface area contributed by atoms with Gasteiger partial charge in [0.2, 0.25) is 3.79 Å². The average Bonchev–Trinajstić information content (AvgIpc) is 1.58. The van der Waals surface area contributed by atoms with Crippen LogP contribution in [-0.2, 0) is 4.79 Å². The highest BCUT2D eigenvalue weighted by Gasteiger charge is 2.14. The molecule has 0 aromatic rings. The summed E-state index contributed by atoms with van der Waals surface area (Å²) < 4.78 is -1.57. The number of rotatable bonds is 0. The molecule has 0 bridgehead atoms. The zero-order valence-corrected chi connectivity index (χ0v) is 7.73. The summed E-state index contributed by atoms with van der Waals surface area (Å²) in [6, 6.07) is 0. The van der Waals surface area contributed by atoms with Gasteiger partial charge in [0, 0.05) is 6.92 Å². The first kappa shape index (κ1) is 13.4. The number of carbonyl (C=O) groups is 1. The summed E-state index contributed by atoms with van der Waals surface area (Å²) in [7, 11) is 0. The van der Waals surface area contributed by atoms with Crippen LogP contribution < -0.4 is 0 Å². The summed E-state index contributed by atoms with van der Waals surface area (Å²) in [5, 5.41) is 17.6.